The summed E-state index contributed by atoms with van der Waals surface area (Å²) in [5, 5.41) is 0. The van der Waals surface area contributed by atoms with Crippen LogP contribution in [0.25, 0.3) is 0 Å². The van der Waals surface area contributed by atoms with Gasteiger partial charge in [-0.1, -0.05) is 89.7 Å². The molecule has 0 aliphatic heterocycles. The van der Waals surface area contributed by atoms with Gasteiger partial charge in [-0.2, -0.15) is 0 Å². The van der Waals surface area contributed by atoms with Crippen molar-refractivity contribution in [3.63, 3.8) is 0 Å². The molecule has 0 aliphatic carbocycles. The Bertz CT molecular complexity index is 259. The number of rotatable bonds is 18. The van der Waals surface area contributed by atoms with E-state index in [2.05, 4.69) is 24.1 Å². The molecule has 0 spiro atoms. The molecule has 23 heavy (non-hydrogen) atoms. The van der Waals surface area contributed by atoms with E-state index in [-0.39, 0.29) is 0 Å². The summed E-state index contributed by atoms with van der Waals surface area (Å²) in [5.74, 6) is 0. The first kappa shape index (κ1) is 22.4. The largest absolute Gasteiger partial charge is 0.330 e. The topological polar surface area (TPSA) is 38.4 Å². The fourth-order valence-electron chi connectivity index (χ4n) is 2.73. The molecule has 0 unspecified atom stereocenters. The van der Waals surface area contributed by atoms with Gasteiger partial charge in [-0.3, -0.25) is 4.99 Å². The lowest BCUT2D eigenvalue weighted by Crippen LogP contribution is -1.99. The Morgan fingerprint density at radius 3 is 1.83 bits per heavy atom. The lowest BCUT2D eigenvalue weighted by molar-refractivity contribution is 0.545. The summed E-state index contributed by atoms with van der Waals surface area (Å²) < 4.78 is 0. The summed E-state index contributed by atoms with van der Waals surface area (Å²) in [6.07, 6.45) is 26.9. The van der Waals surface area contributed by atoms with Gasteiger partial charge in [0.05, 0.1) is 0 Å². The van der Waals surface area contributed by atoms with Crippen molar-refractivity contribution in [1.82, 2.24) is 0 Å². The molecule has 0 aromatic heterocycles. The van der Waals surface area contributed by atoms with Crippen molar-refractivity contribution < 1.29 is 0 Å². The van der Waals surface area contributed by atoms with Gasteiger partial charge in [0.15, 0.2) is 0 Å². The van der Waals surface area contributed by atoms with Gasteiger partial charge in [0.2, 0.25) is 0 Å². The van der Waals surface area contributed by atoms with E-state index in [1.807, 2.05) is 6.21 Å². The van der Waals surface area contributed by atoms with E-state index in [0.29, 0.717) is 0 Å². The van der Waals surface area contributed by atoms with Gasteiger partial charge < -0.3 is 5.73 Å². The average molecular weight is 323 g/mol. The maximum atomic E-state index is 5.42. The molecule has 0 aromatic carbocycles. The lowest BCUT2D eigenvalue weighted by atomic mass is 10.0. The Balaban J connectivity index is 3.08. The third-order valence-corrected chi connectivity index (χ3v) is 4.25. The van der Waals surface area contributed by atoms with E-state index >= 15 is 0 Å². The number of nitrogens with zero attached hydrogens (tertiary/aromatic N) is 1. The zero-order valence-electron chi connectivity index (χ0n) is 15.8. The molecular weight excluding hydrogens is 280 g/mol. The van der Waals surface area contributed by atoms with E-state index in [4.69, 9.17) is 5.73 Å². The first-order valence-electron chi connectivity index (χ1n) is 10.2. The minimum Gasteiger partial charge on any atom is -0.330 e. The van der Waals surface area contributed by atoms with Crippen molar-refractivity contribution in [2.24, 2.45) is 10.7 Å². The predicted octanol–water partition coefficient (Wildman–Crippen LogP) is 6.44. The third-order valence-electron chi connectivity index (χ3n) is 4.25. The van der Waals surface area contributed by atoms with Gasteiger partial charge in [-0.05, 0) is 25.8 Å². The quantitative estimate of drug-likeness (QED) is 0.176. The summed E-state index contributed by atoms with van der Waals surface area (Å²) in [4.78, 5) is 4.31. The summed E-state index contributed by atoms with van der Waals surface area (Å²) in [5.41, 5.74) is 5.42. The molecule has 0 saturated heterocycles. The van der Waals surface area contributed by atoms with E-state index in [1.54, 1.807) is 0 Å². The molecule has 0 aromatic rings. The number of hydrogen-bond acceptors (Lipinski definition) is 2. The number of hydrogen-bond donors (Lipinski definition) is 1. The van der Waals surface area contributed by atoms with E-state index in [9.17, 15) is 0 Å². The van der Waals surface area contributed by atoms with Crippen molar-refractivity contribution in [1.29, 1.82) is 0 Å². The molecule has 0 bridgehead atoms. The highest BCUT2D eigenvalue weighted by Crippen LogP contribution is 2.12. The average Bonchev–Trinajstić information content (AvgIpc) is 2.57. The Labute approximate surface area is 146 Å². The second-order valence-electron chi connectivity index (χ2n) is 6.62. The molecule has 0 atom stereocenters. The van der Waals surface area contributed by atoms with Crippen LogP contribution in [0.15, 0.2) is 17.1 Å². The molecule has 2 N–H and O–H groups in total. The van der Waals surface area contributed by atoms with Crippen LogP contribution in [0.2, 0.25) is 0 Å². The van der Waals surface area contributed by atoms with Crippen LogP contribution in [-0.2, 0) is 0 Å². The smallest absolute Gasteiger partial charge is 0.0397 e. The summed E-state index contributed by atoms with van der Waals surface area (Å²) in [6.45, 7) is 3.91. The van der Waals surface area contributed by atoms with E-state index in [0.717, 1.165) is 25.9 Å². The maximum absolute atomic E-state index is 5.42. The molecule has 2 nitrogen and oxygen atoms in total. The highest BCUT2D eigenvalue weighted by Gasteiger charge is 1.92. The van der Waals surface area contributed by atoms with Gasteiger partial charge in [0.25, 0.3) is 0 Å². The minimum absolute atomic E-state index is 0.742. The molecular formula is C21H42N2. The maximum Gasteiger partial charge on any atom is 0.0397 e. The van der Waals surface area contributed by atoms with Crippen LogP contribution < -0.4 is 5.73 Å². The highest BCUT2D eigenvalue weighted by molar-refractivity contribution is 5.59. The third kappa shape index (κ3) is 21.4. The molecule has 0 heterocycles. The van der Waals surface area contributed by atoms with Crippen LogP contribution in [0.1, 0.15) is 103 Å². The molecule has 0 amide bonds. The number of nitrogens with two attached hydrogens (primary N) is 1. The van der Waals surface area contributed by atoms with Gasteiger partial charge in [0.1, 0.15) is 0 Å². The van der Waals surface area contributed by atoms with E-state index in [1.165, 1.54) is 83.5 Å². The fourth-order valence-corrected chi connectivity index (χ4v) is 2.73. The molecule has 0 saturated carbocycles. The normalized spacial score (nSPS) is 11.9. The Morgan fingerprint density at radius 1 is 0.696 bits per heavy atom. The summed E-state index contributed by atoms with van der Waals surface area (Å²) in [7, 11) is 0. The van der Waals surface area contributed by atoms with Crippen molar-refractivity contribution in [2.75, 3.05) is 13.1 Å². The number of unbranched alkanes of at least 4 members (excludes halogenated alkanes) is 12. The van der Waals surface area contributed by atoms with Gasteiger partial charge in [-0.25, -0.2) is 0 Å². The summed E-state index contributed by atoms with van der Waals surface area (Å²) >= 11 is 0. The zero-order chi connectivity index (χ0) is 16.8. The van der Waals surface area contributed by atoms with Crippen LogP contribution in [0, 0.1) is 0 Å². The first-order valence-corrected chi connectivity index (χ1v) is 10.2. The predicted molar refractivity (Wildman–Crippen MR) is 106 cm³/mol. The molecule has 2 heteroatoms. The number of allylic oxidation sites excluding steroid dienone is 2. The summed E-state index contributed by atoms with van der Waals surface area (Å²) in [6, 6.07) is 0. The number of aliphatic imine (C=N–C) groups is 1. The Morgan fingerprint density at radius 2 is 1.26 bits per heavy atom. The van der Waals surface area contributed by atoms with Gasteiger partial charge >= 0.3 is 0 Å². The minimum atomic E-state index is 0.742. The Hall–Kier alpha value is -0.630. The molecule has 0 aliphatic rings. The zero-order valence-corrected chi connectivity index (χ0v) is 15.8. The second kappa shape index (κ2) is 21.4. The van der Waals surface area contributed by atoms with Crippen LogP contribution in [-0.4, -0.2) is 19.3 Å². The highest BCUT2D eigenvalue weighted by atomic mass is 14.7. The molecule has 0 radical (unpaired) electrons. The molecule has 0 rings (SSSR count). The van der Waals surface area contributed by atoms with Crippen LogP contribution in [0.5, 0.6) is 0 Å². The lowest BCUT2D eigenvalue weighted by Gasteiger charge is -2.02. The van der Waals surface area contributed by atoms with Crippen molar-refractivity contribution in [3.05, 3.63) is 12.2 Å². The van der Waals surface area contributed by atoms with E-state index < -0.39 is 0 Å². The van der Waals surface area contributed by atoms with Crippen LogP contribution in [0.3, 0.4) is 0 Å². The van der Waals surface area contributed by atoms with Crippen molar-refractivity contribution >= 4 is 6.21 Å². The van der Waals surface area contributed by atoms with Crippen molar-refractivity contribution in [3.8, 4) is 0 Å². The SMILES string of the molecule is CCCCCCCCCCCCCCC=CCC=NCCCN. The fraction of sp³-hybridized carbons (Fsp3) is 0.857. The molecule has 0 fully saturated rings. The van der Waals surface area contributed by atoms with Crippen LogP contribution in [0.4, 0.5) is 0 Å². The van der Waals surface area contributed by atoms with Gasteiger partial charge in [0, 0.05) is 19.2 Å². The molecule has 136 valence electrons. The standard InChI is InChI=1S/C21H42N2/c1-2-3-4-5-6-7-8-9-10-11-12-13-14-15-16-17-20-23-21-18-19-22/h15-16,20H,2-14,17-19,21-22H2,1H3. The van der Waals surface area contributed by atoms with Crippen molar-refractivity contribution in [2.45, 2.75) is 103 Å². The monoisotopic (exact) mass is 322 g/mol. The first-order chi connectivity index (χ1) is 11.4. The van der Waals surface area contributed by atoms with Crippen LogP contribution >= 0.6 is 0 Å². The Kier molecular flexibility index (Phi) is 20.8. The second-order valence-corrected chi connectivity index (χ2v) is 6.62. The van der Waals surface area contributed by atoms with Gasteiger partial charge in [-0.15, -0.1) is 0 Å².